The summed E-state index contributed by atoms with van der Waals surface area (Å²) in [5, 5.41) is 12.7. The molecule has 0 saturated heterocycles. The maximum atomic E-state index is 11.4. The molecular formula is C15H21NO2S. The molecule has 2 N–H and O–H groups in total. The highest BCUT2D eigenvalue weighted by Crippen LogP contribution is 2.51. The summed E-state index contributed by atoms with van der Waals surface area (Å²) in [7, 11) is 0. The number of carbonyl (C=O) groups is 1. The Morgan fingerprint density at radius 2 is 2.16 bits per heavy atom. The summed E-state index contributed by atoms with van der Waals surface area (Å²) in [6.07, 6.45) is 4.38. The number of hydrogen-bond acceptors (Lipinski definition) is 3. The third-order valence-corrected chi connectivity index (χ3v) is 4.99. The van der Waals surface area contributed by atoms with Gasteiger partial charge >= 0.3 is 5.97 Å². The van der Waals surface area contributed by atoms with Crippen LogP contribution < -0.4 is 5.32 Å². The maximum Gasteiger partial charge on any atom is 0.338 e. The highest BCUT2D eigenvalue weighted by molar-refractivity contribution is 7.98. The third-order valence-electron chi connectivity index (χ3n) is 4.21. The van der Waals surface area contributed by atoms with Gasteiger partial charge in [-0.15, -0.1) is 11.8 Å². The minimum absolute atomic E-state index is 0.366. The van der Waals surface area contributed by atoms with Crippen LogP contribution in [-0.4, -0.2) is 23.9 Å². The van der Waals surface area contributed by atoms with Crippen LogP contribution in [0.4, 0.5) is 5.69 Å². The van der Waals surface area contributed by atoms with Gasteiger partial charge in [-0.05, 0) is 42.6 Å². The lowest BCUT2D eigenvalue weighted by Crippen LogP contribution is -2.22. The van der Waals surface area contributed by atoms with Gasteiger partial charge in [-0.2, -0.15) is 0 Å². The van der Waals surface area contributed by atoms with Crippen LogP contribution in [0.3, 0.4) is 0 Å². The van der Waals surface area contributed by atoms with Gasteiger partial charge in [-0.25, -0.2) is 4.79 Å². The lowest BCUT2D eigenvalue weighted by molar-refractivity contribution is 0.0694. The number of anilines is 1. The molecule has 0 unspecified atom stereocenters. The Hall–Kier alpha value is -1.16. The normalized spacial score (nSPS) is 16.4. The van der Waals surface area contributed by atoms with Gasteiger partial charge in [-0.1, -0.05) is 19.9 Å². The molecule has 0 spiro atoms. The molecule has 1 aliphatic rings. The maximum absolute atomic E-state index is 11.4. The average molecular weight is 279 g/mol. The molecule has 0 aromatic heterocycles. The summed E-state index contributed by atoms with van der Waals surface area (Å²) in [5.41, 5.74) is 1.51. The van der Waals surface area contributed by atoms with Crippen LogP contribution in [0.25, 0.3) is 0 Å². The van der Waals surface area contributed by atoms with Crippen molar-refractivity contribution in [3.8, 4) is 0 Å². The first-order valence-corrected chi connectivity index (χ1v) is 7.87. The highest BCUT2D eigenvalue weighted by Gasteiger charge is 2.45. The number of carboxylic acids is 1. The first-order chi connectivity index (χ1) is 9.00. The van der Waals surface area contributed by atoms with Crippen LogP contribution in [0.15, 0.2) is 23.1 Å². The second-order valence-electron chi connectivity index (χ2n) is 5.56. The number of benzene rings is 1. The lowest BCUT2D eigenvalue weighted by Gasteiger charge is -2.22. The summed E-state index contributed by atoms with van der Waals surface area (Å²) < 4.78 is 0. The van der Waals surface area contributed by atoms with Gasteiger partial charge in [0.15, 0.2) is 0 Å². The van der Waals surface area contributed by atoms with Crippen LogP contribution in [0.5, 0.6) is 0 Å². The monoisotopic (exact) mass is 279 g/mol. The van der Waals surface area contributed by atoms with Crippen molar-refractivity contribution in [2.75, 3.05) is 18.1 Å². The smallest absolute Gasteiger partial charge is 0.338 e. The predicted octanol–water partition coefficient (Wildman–Crippen LogP) is 3.95. The fraction of sp³-hybridized carbons (Fsp3) is 0.533. The Balaban J connectivity index is 2.19. The molecule has 0 radical (unpaired) electrons. The Bertz CT molecular complexity index is 481. The highest BCUT2D eigenvalue weighted by atomic mass is 32.2. The molecule has 4 heteroatoms. The number of carboxylic acid groups (broad SMARTS) is 1. The SMILES string of the molecule is CSc1cccc(NCC2(C(C)C)CC2)c1C(=O)O. The Morgan fingerprint density at radius 1 is 1.47 bits per heavy atom. The van der Waals surface area contributed by atoms with E-state index in [0.717, 1.165) is 17.1 Å². The van der Waals surface area contributed by atoms with Gasteiger partial charge in [0.1, 0.15) is 0 Å². The number of thioether (sulfide) groups is 1. The minimum atomic E-state index is -0.859. The summed E-state index contributed by atoms with van der Waals surface area (Å²) in [5.74, 6) is -0.223. The summed E-state index contributed by atoms with van der Waals surface area (Å²) >= 11 is 1.47. The zero-order valence-electron chi connectivity index (χ0n) is 11.7. The molecule has 3 nitrogen and oxygen atoms in total. The molecule has 19 heavy (non-hydrogen) atoms. The molecule has 1 saturated carbocycles. The molecule has 104 valence electrons. The van der Waals surface area contributed by atoms with Gasteiger partial charge < -0.3 is 10.4 Å². The number of nitrogens with one attached hydrogen (secondary N) is 1. The van der Waals surface area contributed by atoms with Crippen LogP contribution in [0.1, 0.15) is 37.0 Å². The summed E-state index contributed by atoms with van der Waals surface area (Å²) in [4.78, 5) is 12.2. The third kappa shape index (κ3) is 2.89. The van der Waals surface area contributed by atoms with Crippen LogP contribution >= 0.6 is 11.8 Å². The van der Waals surface area contributed by atoms with Crippen LogP contribution in [-0.2, 0) is 0 Å². The first kappa shape index (κ1) is 14.3. The van der Waals surface area contributed by atoms with Crippen molar-refractivity contribution in [1.29, 1.82) is 0 Å². The molecule has 0 aliphatic heterocycles. The van der Waals surface area contributed by atoms with E-state index in [0.29, 0.717) is 16.9 Å². The van der Waals surface area contributed by atoms with Gasteiger partial charge in [0, 0.05) is 17.1 Å². The zero-order valence-corrected chi connectivity index (χ0v) is 12.5. The second kappa shape index (κ2) is 5.45. The molecule has 2 rings (SSSR count). The Labute approximate surface area is 118 Å². The van der Waals surface area contributed by atoms with Crippen molar-refractivity contribution < 1.29 is 9.90 Å². The summed E-state index contributed by atoms with van der Waals surface area (Å²) in [6, 6.07) is 5.63. The molecule has 0 amide bonds. The van der Waals surface area contributed by atoms with Crippen LogP contribution in [0, 0.1) is 11.3 Å². The standard InChI is InChI=1S/C15H21NO2S/c1-10(2)15(7-8-15)9-16-11-5-4-6-12(19-3)13(11)14(17)18/h4-6,10,16H,7-9H2,1-3H3,(H,17,18). The number of hydrogen-bond donors (Lipinski definition) is 2. The fourth-order valence-electron chi connectivity index (χ4n) is 2.46. The largest absolute Gasteiger partial charge is 0.478 e. The van der Waals surface area contributed by atoms with Crippen molar-refractivity contribution in [2.45, 2.75) is 31.6 Å². The average Bonchev–Trinajstić information content (AvgIpc) is 3.16. The van der Waals surface area contributed by atoms with Crippen LogP contribution in [0.2, 0.25) is 0 Å². The molecule has 0 atom stereocenters. The van der Waals surface area contributed by atoms with E-state index >= 15 is 0 Å². The van der Waals surface area contributed by atoms with Gasteiger partial charge in [0.2, 0.25) is 0 Å². The quantitative estimate of drug-likeness (QED) is 0.774. The second-order valence-corrected chi connectivity index (χ2v) is 6.41. The van der Waals surface area contributed by atoms with E-state index in [1.54, 1.807) is 0 Å². The van der Waals surface area contributed by atoms with Gasteiger partial charge in [0.05, 0.1) is 5.56 Å². The predicted molar refractivity (Wildman–Crippen MR) is 80.2 cm³/mol. The fourth-order valence-corrected chi connectivity index (χ4v) is 3.08. The zero-order chi connectivity index (χ0) is 14.0. The van der Waals surface area contributed by atoms with E-state index in [1.807, 2.05) is 24.5 Å². The topological polar surface area (TPSA) is 49.3 Å². The van der Waals surface area contributed by atoms with E-state index < -0.39 is 5.97 Å². The van der Waals surface area contributed by atoms with Crippen molar-refractivity contribution in [3.63, 3.8) is 0 Å². The molecule has 1 aromatic carbocycles. The first-order valence-electron chi connectivity index (χ1n) is 6.64. The number of rotatable bonds is 6. The van der Waals surface area contributed by atoms with E-state index in [4.69, 9.17) is 0 Å². The van der Waals surface area contributed by atoms with E-state index in [-0.39, 0.29) is 0 Å². The summed E-state index contributed by atoms with van der Waals surface area (Å²) in [6.45, 7) is 5.35. The molecule has 1 aromatic rings. The van der Waals surface area contributed by atoms with E-state index in [1.165, 1.54) is 24.6 Å². The molecule has 1 aliphatic carbocycles. The van der Waals surface area contributed by atoms with Crippen molar-refractivity contribution in [3.05, 3.63) is 23.8 Å². The molecule has 1 fully saturated rings. The van der Waals surface area contributed by atoms with Crippen molar-refractivity contribution in [2.24, 2.45) is 11.3 Å². The molecule has 0 heterocycles. The van der Waals surface area contributed by atoms with Crippen molar-refractivity contribution in [1.82, 2.24) is 0 Å². The Kier molecular flexibility index (Phi) is 4.09. The van der Waals surface area contributed by atoms with Gasteiger partial charge in [0.25, 0.3) is 0 Å². The van der Waals surface area contributed by atoms with Crippen molar-refractivity contribution >= 4 is 23.4 Å². The van der Waals surface area contributed by atoms with E-state index in [9.17, 15) is 9.90 Å². The molecular weight excluding hydrogens is 258 g/mol. The lowest BCUT2D eigenvalue weighted by atomic mass is 9.92. The minimum Gasteiger partial charge on any atom is -0.478 e. The van der Waals surface area contributed by atoms with E-state index in [2.05, 4.69) is 19.2 Å². The number of aromatic carboxylic acids is 1. The Morgan fingerprint density at radius 3 is 2.63 bits per heavy atom. The van der Waals surface area contributed by atoms with Gasteiger partial charge in [-0.3, -0.25) is 0 Å². The molecule has 0 bridgehead atoms.